The molecular weight excluding hydrogens is 526 g/mol. The molecule has 2 saturated heterocycles. The van der Waals surface area contributed by atoms with Gasteiger partial charge >= 0.3 is 5.97 Å². The highest BCUT2D eigenvalue weighted by molar-refractivity contribution is 6.30. The van der Waals surface area contributed by atoms with Crippen LogP contribution in [0.4, 0.5) is 8.78 Å². The van der Waals surface area contributed by atoms with Crippen LogP contribution in [-0.2, 0) is 20.7 Å². The molecule has 4 atom stereocenters. The number of carbonyl (C=O) groups is 2. The SMILES string of the molecule is COC(=O)[C@H](Cc1ccc(Cl)cn1)N1CCN(C(=O)[C@@H]2CN(C(C)(C)C)C[C@H]2c2ccc(F)cc2F)[C@@H](C)C1. The van der Waals surface area contributed by atoms with Crippen LogP contribution in [0.2, 0.25) is 5.02 Å². The summed E-state index contributed by atoms with van der Waals surface area (Å²) in [6.07, 6.45) is 1.91. The maximum Gasteiger partial charge on any atom is 0.323 e. The van der Waals surface area contributed by atoms with E-state index in [1.165, 1.54) is 19.2 Å². The van der Waals surface area contributed by atoms with Crippen molar-refractivity contribution in [3.63, 3.8) is 0 Å². The minimum absolute atomic E-state index is 0.0448. The molecule has 2 aromatic rings. The molecule has 0 spiro atoms. The second kappa shape index (κ2) is 11.9. The molecule has 0 N–H and O–H groups in total. The third kappa shape index (κ3) is 6.58. The Morgan fingerprint density at radius 2 is 1.87 bits per heavy atom. The number of carbonyl (C=O) groups excluding carboxylic acids is 2. The number of benzene rings is 1. The van der Waals surface area contributed by atoms with E-state index in [0.29, 0.717) is 49.7 Å². The molecule has 0 aliphatic carbocycles. The van der Waals surface area contributed by atoms with Crippen molar-refractivity contribution in [3.8, 4) is 0 Å². The zero-order valence-electron chi connectivity index (χ0n) is 23.2. The molecule has 0 radical (unpaired) electrons. The van der Waals surface area contributed by atoms with Crippen molar-refractivity contribution in [2.45, 2.75) is 57.7 Å². The van der Waals surface area contributed by atoms with Crippen LogP contribution >= 0.6 is 11.6 Å². The number of likely N-dealkylation sites (tertiary alicyclic amines) is 1. The normalized spacial score (nSPS) is 23.6. The van der Waals surface area contributed by atoms with Crippen LogP contribution in [0, 0.1) is 17.6 Å². The quantitative estimate of drug-likeness (QED) is 0.493. The molecular formula is C29H37ClF2N4O3. The van der Waals surface area contributed by atoms with E-state index < -0.39 is 23.6 Å². The third-order valence-electron chi connectivity index (χ3n) is 7.99. The summed E-state index contributed by atoms with van der Waals surface area (Å²) in [6.45, 7) is 10.6. The molecule has 1 aromatic heterocycles. The van der Waals surface area contributed by atoms with Gasteiger partial charge in [0, 0.05) is 74.6 Å². The minimum atomic E-state index is -0.636. The van der Waals surface area contributed by atoms with Crippen molar-refractivity contribution < 1.29 is 23.1 Å². The fourth-order valence-electron chi connectivity index (χ4n) is 5.75. The Labute approximate surface area is 234 Å². The number of halogens is 3. The molecule has 0 bridgehead atoms. The van der Waals surface area contributed by atoms with Crippen molar-refractivity contribution in [2.24, 2.45) is 5.92 Å². The van der Waals surface area contributed by atoms with E-state index in [9.17, 15) is 18.4 Å². The first-order chi connectivity index (χ1) is 18.4. The van der Waals surface area contributed by atoms with Gasteiger partial charge in [0.15, 0.2) is 0 Å². The van der Waals surface area contributed by atoms with E-state index in [-0.39, 0.29) is 29.4 Å². The monoisotopic (exact) mass is 562 g/mol. The lowest BCUT2D eigenvalue weighted by molar-refractivity contribution is -0.150. The average molecular weight is 563 g/mol. The Balaban J connectivity index is 1.52. The lowest BCUT2D eigenvalue weighted by Crippen LogP contribution is -2.59. The Morgan fingerprint density at radius 3 is 2.46 bits per heavy atom. The molecule has 212 valence electrons. The van der Waals surface area contributed by atoms with Crippen LogP contribution in [0.3, 0.4) is 0 Å². The largest absolute Gasteiger partial charge is 0.468 e. The predicted octanol–water partition coefficient (Wildman–Crippen LogP) is 4.14. The number of piperazine rings is 1. The summed E-state index contributed by atoms with van der Waals surface area (Å²) in [5, 5.41) is 0.518. The topological polar surface area (TPSA) is 66.0 Å². The summed E-state index contributed by atoms with van der Waals surface area (Å²) in [6, 6.07) is 6.41. The molecule has 39 heavy (non-hydrogen) atoms. The number of hydrogen-bond acceptors (Lipinski definition) is 6. The summed E-state index contributed by atoms with van der Waals surface area (Å²) in [5.41, 5.74) is 0.879. The first-order valence-electron chi connectivity index (χ1n) is 13.3. The maximum atomic E-state index is 14.9. The van der Waals surface area contributed by atoms with Crippen LogP contribution in [0.15, 0.2) is 36.5 Å². The van der Waals surface area contributed by atoms with Gasteiger partial charge in [0.05, 0.1) is 18.1 Å². The van der Waals surface area contributed by atoms with E-state index in [2.05, 4.69) is 30.7 Å². The van der Waals surface area contributed by atoms with E-state index in [4.69, 9.17) is 16.3 Å². The van der Waals surface area contributed by atoms with Crippen molar-refractivity contribution in [2.75, 3.05) is 39.8 Å². The van der Waals surface area contributed by atoms with Crippen molar-refractivity contribution in [3.05, 3.63) is 64.4 Å². The fraction of sp³-hybridized carbons (Fsp3) is 0.552. The van der Waals surface area contributed by atoms with Crippen LogP contribution in [0.1, 0.15) is 44.9 Å². The molecule has 10 heteroatoms. The number of amides is 1. The van der Waals surface area contributed by atoms with E-state index in [0.717, 1.165) is 11.8 Å². The number of hydrogen-bond donors (Lipinski definition) is 0. The highest BCUT2D eigenvalue weighted by Gasteiger charge is 2.46. The number of aromatic nitrogens is 1. The summed E-state index contributed by atoms with van der Waals surface area (Å²) in [4.78, 5) is 37.1. The maximum absolute atomic E-state index is 14.9. The number of rotatable bonds is 6. The average Bonchev–Trinajstić information content (AvgIpc) is 3.33. The second-order valence-electron chi connectivity index (χ2n) is 11.5. The first-order valence-corrected chi connectivity index (χ1v) is 13.7. The zero-order valence-corrected chi connectivity index (χ0v) is 23.9. The number of methoxy groups -OCH3 is 1. The molecule has 4 rings (SSSR count). The molecule has 2 aliphatic heterocycles. The molecule has 1 aromatic carbocycles. The lowest BCUT2D eigenvalue weighted by atomic mass is 9.87. The second-order valence-corrected chi connectivity index (χ2v) is 12.0. The number of pyridine rings is 1. The van der Waals surface area contributed by atoms with E-state index in [1.807, 2.05) is 16.7 Å². The first kappa shape index (κ1) is 29.4. The highest BCUT2D eigenvalue weighted by Crippen LogP contribution is 2.39. The van der Waals surface area contributed by atoms with E-state index in [1.54, 1.807) is 18.3 Å². The number of esters is 1. The van der Waals surface area contributed by atoms with Gasteiger partial charge in [-0.2, -0.15) is 0 Å². The van der Waals surface area contributed by atoms with Gasteiger partial charge in [0.1, 0.15) is 17.7 Å². The molecule has 2 aliphatic rings. The zero-order chi connectivity index (χ0) is 28.5. The Bertz CT molecular complexity index is 1190. The van der Waals surface area contributed by atoms with Crippen molar-refractivity contribution in [1.82, 2.24) is 19.7 Å². The summed E-state index contributed by atoms with van der Waals surface area (Å²) < 4.78 is 33.6. The predicted molar refractivity (Wildman–Crippen MR) is 145 cm³/mol. The van der Waals surface area contributed by atoms with Gasteiger partial charge in [-0.05, 0) is 51.5 Å². The summed E-state index contributed by atoms with van der Waals surface area (Å²) in [5.74, 6) is -2.51. The van der Waals surface area contributed by atoms with Gasteiger partial charge < -0.3 is 9.64 Å². The Hall–Kier alpha value is -2.62. The summed E-state index contributed by atoms with van der Waals surface area (Å²) >= 11 is 5.96. The lowest BCUT2D eigenvalue weighted by Gasteiger charge is -2.43. The number of ether oxygens (including phenoxy) is 1. The van der Waals surface area contributed by atoms with Crippen LogP contribution in [0.5, 0.6) is 0 Å². The van der Waals surface area contributed by atoms with Gasteiger partial charge in [-0.25, -0.2) is 8.78 Å². The molecule has 0 saturated carbocycles. The van der Waals surface area contributed by atoms with Gasteiger partial charge in [0.25, 0.3) is 0 Å². The van der Waals surface area contributed by atoms with Crippen LogP contribution in [0.25, 0.3) is 0 Å². The smallest absolute Gasteiger partial charge is 0.323 e. The third-order valence-corrected chi connectivity index (χ3v) is 8.22. The van der Waals surface area contributed by atoms with Gasteiger partial charge in [-0.1, -0.05) is 17.7 Å². The van der Waals surface area contributed by atoms with Crippen molar-refractivity contribution in [1.29, 1.82) is 0 Å². The van der Waals surface area contributed by atoms with Gasteiger partial charge in [0.2, 0.25) is 5.91 Å². The summed E-state index contributed by atoms with van der Waals surface area (Å²) in [7, 11) is 1.36. The Morgan fingerprint density at radius 1 is 1.13 bits per heavy atom. The van der Waals surface area contributed by atoms with Crippen LogP contribution < -0.4 is 0 Å². The molecule has 7 nitrogen and oxygen atoms in total. The standard InChI is InChI=1S/C29H37ClF2N4O3/c1-18-15-34(26(28(38)39-5)13-21-8-6-19(30)14-33-21)10-11-36(18)27(37)24-17-35(29(2,3)4)16-23(24)22-9-7-20(31)12-25(22)32/h6-9,12,14,18,23-24,26H,10-11,13,15-17H2,1-5H3/t18-,23-,24+,26-/m0/s1. The Kier molecular flexibility index (Phi) is 8.93. The number of nitrogens with zero attached hydrogens (tertiary/aromatic N) is 4. The minimum Gasteiger partial charge on any atom is -0.468 e. The molecule has 1 amide bonds. The van der Waals surface area contributed by atoms with E-state index >= 15 is 0 Å². The van der Waals surface area contributed by atoms with Crippen LogP contribution in [-0.4, -0.2) is 89.0 Å². The highest BCUT2D eigenvalue weighted by atomic mass is 35.5. The van der Waals surface area contributed by atoms with Crippen molar-refractivity contribution >= 4 is 23.5 Å². The van der Waals surface area contributed by atoms with Gasteiger partial charge in [-0.15, -0.1) is 0 Å². The fourth-order valence-corrected chi connectivity index (χ4v) is 5.86. The molecule has 0 unspecified atom stereocenters. The van der Waals surface area contributed by atoms with Gasteiger partial charge in [-0.3, -0.25) is 24.4 Å². The molecule has 2 fully saturated rings. The molecule has 3 heterocycles.